The molecule has 0 fully saturated rings. The molecule has 0 aliphatic carbocycles. The molecule has 3 rings (SSSR count). The first-order valence-electron chi connectivity index (χ1n) is 10.2. The second-order valence-electron chi connectivity index (χ2n) is 8.43. The van der Waals surface area contributed by atoms with Gasteiger partial charge in [-0.1, -0.05) is 36.4 Å². The molecule has 0 saturated heterocycles. The molecule has 1 aromatic carbocycles. The summed E-state index contributed by atoms with van der Waals surface area (Å²) in [6.45, 7) is 6.85. The Morgan fingerprint density at radius 3 is 2.68 bits per heavy atom. The number of hydrogen-bond acceptors (Lipinski definition) is 7. The van der Waals surface area contributed by atoms with Gasteiger partial charge in [-0.2, -0.15) is 4.31 Å². The summed E-state index contributed by atoms with van der Waals surface area (Å²) in [5, 5.41) is 0.0909. The van der Waals surface area contributed by atoms with E-state index in [1.54, 1.807) is 20.8 Å². The van der Waals surface area contributed by atoms with E-state index in [4.69, 9.17) is 16.3 Å². The maximum atomic E-state index is 14.8. The maximum Gasteiger partial charge on any atom is 0.428 e. The number of nitrogens with zero attached hydrogens (tertiary/aromatic N) is 4. The van der Waals surface area contributed by atoms with Gasteiger partial charge in [-0.05, 0) is 51.0 Å². The molecule has 0 saturated carbocycles. The highest BCUT2D eigenvalue weighted by Gasteiger charge is 2.33. The minimum Gasteiger partial charge on any atom is -0.443 e. The molecule has 0 bridgehead atoms. The molecular weight excluding hydrogens is 509 g/mol. The highest BCUT2D eigenvalue weighted by molar-refractivity contribution is 8.15. The fourth-order valence-electron chi connectivity index (χ4n) is 3.06. The Morgan fingerprint density at radius 1 is 1.32 bits per heavy atom. The molecule has 34 heavy (non-hydrogen) atoms. The SMILES string of the molecule is CC1CC(c2cc(/C=C(\F)c3cnc(Cl)cn3)ccc2F)N=C(N(SF)C(=O)OC(C)(C)C)S1. The van der Waals surface area contributed by atoms with Crippen LogP contribution < -0.4 is 0 Å². The molecular formula is C22H22ClF3N4O2S2. The summed E-state index contributed by atoms with van der Waals surface area (Å²) in [6, 6.07) is 3.37. The Morgan fingerprint density at radius 2 is 2.06 bits per heavy atom. The van der Waals surface area contributed by atoms with Crippen LogP contribution in [-0.4, -0.2) is 36.4 Å². The average molecular weight is 531 g/mol. The zero-order valence-corrected chi connectivity index (χ0v) is 21.1. The number of carbonyl (C=O) groups excluding carboxylic acids is 1. The van der Waals surface area contributed by atoms with Crippen LogP contribution in [0.15, 0.2) is 35.6 Å². The number of aromatic nitrogens is 2. The molecule has 1 aromatic heterocycles. The standard InChI is InChI=1S/C22H22ClF3N4O2S2/c1-12-7-17(29-20(33-12)30(34-26)21(31)32-22(2,3)4)14-8-13(5-6-15(14)24)9-16(25)18-10-28-19(23)11-27-18/h5-6,8-12,17H,7H2,1-4H3/b16-9-. The monoisotopic (exact) mass is 530 g/mol. The molecule has 1 aliphatic rings. The van der Waals surface area contributed by atoms with Gasteiger partial charge in [0.25, 0.3) is 0 Å². The zero-order valence-electron chi connectivity index (χ0n) is 18.8. The summed E-state index contributed by atoms with van der Waals surface area (Å²) in [6.07, 6.45) is 3.12. The number of rotatable bonds is 4. The van der Waals surface area contributed by atoms with Gasteiger partial charge in [0.2, 0.25) is 0 Å². The lowest BCUT2D eigenvalue weighted by molar-refractivity contribution is 0.0473. The van der Waals surface area contributed by atoms with Gasteiger partial charge in [0.1, 0.15) is 22.3 Å². The van der Waals surface area contributed by atoms with Crippen molar-refractivity contribution in [1.82, 2.24) is 14.3 Å². The smallest absolute Gasteiger partial charge is 0.428 e. The lowest BCUT2D eigenvalue weighted by Gasteiger charge is -2.30. The Balaban J connectivity index is 1.92. The van der Waals surface area contributed by atoms with Crippen molar-refractivity contribution in [3.8, 4) is 0 Å². The summed E-state index contributed by atoms with van der Waals surface area (Å²) in [5.41, 5.74) is -0.286. The molecule has 1 amide bonds. The predicted molar refractivity (Wildman–Crippen MR) is 131 cm³/mol. The topological polar surface area (TPSA) is 67.7 Å². The van der Waals surface area contributed by atoms with Crippen molar-refractivity contribution in [2.24, 2.45) is 4.99 Å². The maximum absolute atomic E-state index is 14.8. The zero-order chi connectivity index (χ0) is 25.0. The van der Waals surface area contributed by atoms with Crippen molar-refractivity contribution >= 4 is 58.9 Å². The van der Waals surface area contributed by atoms with Gasteiger partial charge >= 0.3 is 6.09 Å². The molecule has 182 valence electrons. The third-order valence-corrected chi connectivity index (χ3v) is 6.33. The molecule has 2 aromatic rings. The normalized spacial score (nSPS) is 18.9. The van der Waals surface area contributed by atoms with E-state index in [-0.39, 0.29) is 39.2 Å². The molecule has 2 unspecified atom stereocenters. The van der Waals surface area contributed by atoms with Crippen LogP contribution in [0.25, 0.3) is 11.9 Å². The van der Waals surface area contributed by atoms with E-state index in [9.17, 15) is 17.5 Å². The number of amidine groups is 1. The lowest BCUT2D eigenvalue weighted by Crippen LogP contribution is -2.36. The van der Waals surface area contributed by atoms with Crippen LogP contribution in [0.1, 0.15) is 57.0 Å². The van der Waals surface area contributed by atoms with Crippen molar-refractivity contribution in [3.05, 3.63) is 58.4 Å². The Labute approximate surface area is 209 Å². The number of aliphatic imine (C=N–C) groups is 1. The third-order valence-electron chi connectivity index (χ3n) is 4.47. The quantitative estimate of drug-likeness (QED) is 0.383. The predicted octanol–water partition coefficient (Wildman–Crippen LogP) is 7.43. The largest absolute Gasteiger partial charge is 0.443 e. The first-order chi connectivity index (χ1) is 16.0. The molecule has 0 N–H and O–H groups in total. The Kier molecular flexibility index (Phi) is 8.53. The third kappa shape index (κ3) is 6.89. The molecule has 12 heteroatoms. The highest BCUT2D eigenvalue weighted by Crippen LogP contribution is 2.39. The van der Waals surface area contributed by atoms with Gasteiger partial charge in [-0.25, -0.2) is 23.5 Å². The van der Waals surface area contributed by atoms with Crippen molar-refractivity contribution in [3.63, 3.8) is 0 Å². The number of thioether (sulfide) groups is 1. The van der Waals surface area contributed by atoms with Gasteiger partial charge in [-0.3, -0.25) is 4.99 Å². The molecule has 6 nitrogen and oxygen atoms in total. The van der Waals surface area contributed by atoms with Crippen molar-refractivity contribution in [2.45, 2.75) is 51.0 Å². The first kappa shape index (κ1) is 26.4. The number of hydrogen-bond donors (Lipinski definition) is 0. The number of benzene rings is 1. The van der Waals surface area contributed by atoms with Gasteiger partial charge in [0.15, 0.2) is 23.3 Å². The van der Waals surface area contributed by atoms with E-state index < -0.39 is 29.4 Å². The van der Waals surface area contributed by atoms with Crippen LogP contribution in [0, 0.1) is 5.82 Å². The van der Waals surface area contributed by atoms with E-state index in [1.807, 2.05) is 6.92 Å². The van der Waals surface area contributed by atoms with E-state index in [0.717, 1.165) is 0 Å². The summed E-state index contributed by atoms with van der Waals surface area (Å²) >= 11 is 6.54. The number of halogens is 4. The molecule has 1 aliphatic heterocycles. The fourth-order valence-corrected chi connectivity index (χ4v) is 4.57. The number of ether oxygens (including phenoxy) is 1. The summed E-state index contributed by atoms with van der Waals surface area (Å²) in [4.78, 5) is 24.5. The van der Waals surface area contributed by atoms with Crippen molar-refractivity contribution in [1.29, 1.82) is 0 Å². The molecule has 2 heterocycles. The van der Waals surface area contributed by atoms with Crippen molar-refractivity contribution < 1.29 is 22.2 Å². The Hall–Kier alpha value is -2.24. The second-order valence-corrected chi connectivity index (χ2v) is 10.7. The number of carbonyl (C=O) groups is 1. The minimum atomic E-state index is -0.914. The summed E-state index contributed by atoms with van der Waals surface area (Å²) in [5.74, 6) is -1.23. The summed E-state index contributed by atoms with van der Waals surface area (Å²) < 4.78 is 49.0. The van der Waals surface area contributed by atoms with Crippen LogP contribution in [0.4, 0.5) is 17.5 Å². The van der Waals surface area contributed by atoms with Crippen LogP contribution in [0.3, 0.4) is 0 Å². The Bertz CT molecular complexity index is 1110. The van der Waals surface area contributed by atoms with Gasteiger partial charge in [0.05, 0.1) is 18.4 Å². The van der Waals surface area contributed by atoms with E-state index >= 15 is 0 Å². The minimum absolute atomic E-state index is 0.0220. The van der Waals surface area contributed by atoms with E-state index in [1.165, 1.54) is 48.4 Å². The van der Waals surface area contributed by atoms with Gasteiger partial charge in [-0.15, -0.1) is 3.89 Å². The van der Waals surface area contributed by atoms with Crippen LogP contribution in [-0.2, 0) is 4.74 Å². The average Bonchev–Trinajstić information content (AvgIpc) is 2.74. The summed E-state index contributed by atoms with van der Waals surface area (Å²) in [7, 11) is 0. The first-order valence-corrected chi connectivity index (χ1v) is 12.1. The van der Waals surface area contributed by atoms with Crippen LogP contribution >= 0.6 is 35.7 Å². The van der Waals surface area contributed by atoms with Crippen LogP contribution in [0.5, 0.6) is 0 Å². The molecule has 0 radical (unpaired) electrons. The lowest BCUT2D eigenvalue weighted by atomic mass is 9.99. The number of amides is 1. The van der Waals surface area contributed by atoms with E-state index in [2.05, 4.69) is 15.0 Å². The molecule has 0 spiro atoms. The van der Waals surface area contributed by atoms with Crippen LogP contribution in [0.2, 0.25) is 5.15 Å². The van der Waals surface area contributed by atoms with Gasteiger partial charge < -0.3 is 4.74 Å². The second kappa shape index (κ2) is 11.0. The van der Waals surface area contributed by atoms with Gasteiger partial charge in [0, 0.05) is 10.8 Å². The molecule has 2 atom stereocenters. The van der Waals surface area contributed by atoms with Crippen molar-refractivity contribution in [2.75, 3.05) is 0 Å². The fraction of sp³-hybridized carbons (Fsp3) is 0.364. The van der Waals surface area contributed by atoms with E-state index in [0.29, 0.717) is 16.3 Å². The highest BCUT2D eigenvalue weighted by atomic mass is 35.5.